The van der Waals surface area contributed by atoms with Crippen LogP contribution in [0.2, 0.25) is 0 Å². The average molecular weight is 325 g/mol. The molecule has 1 atom stereocenters. The molecule has 1 unspecified atom stereocenters. The predicted octanol–water partition coefficient (Wildman–Crippen LogP) is 3.37. The van der Waals surface area contributed by atoms with Crippen LogP contribution in [0.3, 0.4) is 0 Å². The first-order valence-electron chi connectivity index (χ1n) is 8.86. The Balaban J connectivity index is 1.77. The molecule has 4 nitrogen and oxygen atoms in total. The second-order valence-corrected chi connectivity index (χ2v) is 6.71. The monoisotopic (exact) mass is 325 g/mol. The van der Waals surface area contributed by atoms with Crippen LogP contribution < -0.4 is 10.6 Å². The smallest absolute Gasteiger partial charge is 0.191 e. The summed E-state index contributed by atoms with van der Waals surface area (Å²) in [6.45, 7) is 5.46. The number of guanidine groups is 1. The molecule has 0 aromatic heterocycles. The molecule has 1 saturated carbocycles. The summed E-state index contributed by atoms with van der Waals surface area (Å²) in [5.41, 5.74) is 0.659. The number of hydrogen-bond acceptors (Lipinski definition) is 2. The summed E-state index contributed by atoms with van der Waals surface area (Å²) >= 11 is 0. The quantitative estimate of drug-likeness (QED) is 0.583. The van der Waals surface area contributed by atoms with Gasteiger partial charge in [0, 0.05) is 6.54 Å². The number of aliphatic imine (C=N–C) groups is 1. The highest BCUT2D eigenvalue weighted by atomic mass is 16.3. The molecular weight excluding hydrogens is 298 g/mol. The van der Waals surface area contributed by atoms with Crippen molar-refractivity contribution < 1.29 is 5.11 Å². The molecule has 0 radical (unpaired) electrons. The van der Waals surface area contributed by atoms with Crippen molar-refractivity contribution in [2.75, 3.05) is 13.1 Å². The molecule has 0 amide bonds. The standard InChI is InChI=1S/C20H27N3O/c1-3-21-19(22-14-20(24)12-7-13-20)23-15(2)17-11-6-9-16-8-4-5-10-18(16)17/h4-6,8-11,15,24H,3,7,12-14H2,1-2H3,(H2,21,22,23). The van der Waals surface area contributed by atoms with Gasteiger partial charge >= 0.3 is 0 Å². The molecular formula is C20H27N3O. The largest absolute Gasteiger partial charge is 0.388 e. The Labute approximate surface area is 144 Å². The third kappa shape index (κ3) is 3.70. The van der Waals surface area contributed by atoms with Gasteiger partial charge in [-0.2, -0.15) is 0 Å². The summed E-state index contributed by atoms with van der Waals surface area (Å²) in [5, 5.41) is 19.5. The highest BCUT2D eigenvalue weighted by molar-refractivity contribution is 5.87. The van der Waals surface area contributed by atoms with Crippen LogP contribution in [0.1, 0.15) is 44.7 Å². The maximum absolute atomic E-state index is 10.3. The highest BCUT2D eigenvalue weighted by Gasteiger charge is 2.34. The lowest BCUT2D eigenvalue weighted by Crippen LogP contribution is -2.43. The van der Waals surface area contributed by atoms with E-state index in [0.29, 0.717) is 6.54 Å². The van der Waals surface area contributed by atoms with E-state index in [1.54, 1.807) is 0 Å². The molecule has 24 heavy (non-hydrogen) atoms. The van der Waals surface area contributed by atoms with Crippen LogP contribution in [-0.2, 0) is 0 Å². The van der Waals surface area contributed by atoms with Gasteiger partial charge in [-0.3, -0.25) is 4.99 Å². The van der Waals surface area contributed by atoms with E-state index in [2.05, 4.69) is 71.9 Å². The predicted molar refractivity (Wildman–Crippen MR) is 100 cm³/mol. The summed E-state index contributed by atoms with van der Waals surface area (Å²) in [5.74, 6) is 0.762. The van der Waals surface area contributed by atoms with Crippen LogP contribution in [0.15, 0.2) is 47.5 Å². The Bertz CT molecular complexity index is 716. The van der Waals surface area contributed by atoms with E-state index >= 15 is 0 Å². The number of hydrogen-bond donors (Lipinski definition) is 3. The Morgan fingerprint density at radius 3 is 2.67 bits per heavy atom. The minimum atomic E-state index is -0.592. The van der Waals surface area contributed by atoms with E-state index in [0.717, 1.165) is 31.8 Å². The molecule has 1 fully saturated rings. The van der Waals surface area contributed by atoms with Crippen LogP contribution in [-0.4, -0.2) is 29.8 Å². The maximum atomic E-state index is 10.3. The van der Waals surface area contributed by atoms with Crippen LogP contribution in [0.25, 0.3) is 10.8 Å². The molecule has 0 spiro atoms. The first kappa shape index (κ1) is 16.8. The Morgan fingerprint density at radius 2 is 1.96 bits per heavy atom. The Morgan fingerprint density at radius 1 is 1.21 bits per heavy atom. The van der Waals surface area contributed by atoms with Crippen molar-refractivity contribution in [3.05, 3.63) is 48.0 Å². The molecule has 0 saturated heterocycles. The number of rotatable bonds is 5. The van der Waals surface area contributed by atoms with Gasteiger partial charge in [0.2, 0.25) is 0 Å². The van der Waals surface area contributed by atoms with Crippen molar-refractivity contribution in [1.29, 1.82) is 0 Å². The van der Waals surface area contributed by atoms with Gasteiger partial charge in [0.25, 0.3) is 0 Å². The summed E-state index contributed by atoms with van der Waals surface area (Å²) in [4.78, 5) is 4.60. The lowest BCUT2D eigenvalue weighted by atomic mass is 9.80. The molecule has 3 rings (SSSR count). The van der Waals surface area contributed by atoms with E-state index in [-0.39, 0.29) is 6.04 Å². The molecule has 1 aliphatic carbocycles. The third-order valence-electron chi connectivity index (χ3n) is 4.80. The molecule has 1 aliphatic rings. The van der Waals surface area contributed by atoms with Gasteiger partial charge in [-0.05, 0) is 49.4 Å². The van der Waals surface area contributed by atoms with Gasteiger partial charge in [0.1, 0.15) is 0 Å². The SMILES string of the molecule is CCNC(=NCC1(O)CCC1)NC(C)c1cccc2ccccc12. The van der Waals surface area contributed by atoms with Crippen LogP contribution in [0.5, 0.6) is 0 Å². The minimum absolute atomic E-state index is 0.130. The van der Waals surface area contributed by atoms with E-state index in [1.807, 2.05) is 0 Å². The molecule has 0 heterocycles. The Kier molecular flexibility index (Phi) is 5.05. The minimum Gasteiger partial charge on any atom is -0.388 e. The average Bonchev–Trinajstić information content (AvgIpc) is 2.57. The van der Waals surface area contributed by atoms with Gasteiger partial charge in [-0.25, -0.2) is 0 Å². The van der Waals surface area contributed by atoms with E-state index in [4.69, 9.17) is 0 Å². The topological polar surface area (TPSA) is 56.7 Å². The van der Waals surface area contributed by atoms with E-state index < -0.39 is 5.60 Å². The van der Waals surface area contributed by atoms with E-state index in [9.17, 15) is 5.11 Å². The zero-order valence-electron chi connectivity index (χ0n) is 14.5. The van der Waals surface area contributed by atoms with Gasteiger partial charge < -0.3 is 15.7 Å². The van der Waals surface area contributed by atoms with Gasteiger partial charge in [-0.15, -0.1) is 0 Å². The first-order valence-corrected chi connectivity index (χ1v) is 8.86. The zero-order valence-corrected chi connectivity index (χ0v) is 14.5. The summed E-state index contributed by atoms with van der Waals surface area (Å²) in [7, 11) is 0. The second-order valence-electron chi connectivity index (χ2n) is 6.71. The van der Waals surface area contributed by atoms with Crippen molar-refractivity contribution in [3.63, 3.8) is 0 Å². The molecule has 2 aromatic rings. The van der Waals surface area contributed by atoms with Crippen molar-refractivity contribution in [1.82, 2.24) is 10.6 Å². The molecule has 2 aromatic carbocycles. The molecule has 0 aliphatic heterocycles. The summed E-state index contributed by atoms with van der Waals surface area (Å²) < 4.78 is 0. The zero-order chi connectivity index (χ0) is 17.0. The van der Waals surface area contributed by atoms with Gasteiger partial charge in [0.05, 0.1) is 18.2 Å². The fourth-order valence-corrected chi connectivity index (χ4v) is 3.20. The maximum Gasteiger partial charge on any atom is 0.191 e. The Hall–Kier alpha value is -2.07. The normalized spacial score (nSPS) is 18.0. The highest BCUT2D eigenvalue weighted by Crippen LogP contribution is 2.31. The fraction of sp³-hybridized carbons (Fsp3) is 0.450. The number of aliphatic hydroxyl groups is 1. The molecule has 128 valence electrons. The van der Waals surface area contributed by atoms with Crippen LogP contribution in [0, 0.1) is 0 Å². The summed E-state index contributed by atoms with van der Waals surface area (Å²) in [6.07, 6.45) is 2.81. The lowest BCUT2D eigenvalue weighted by Gasteiger charge is -2.35. The van der Waals surface area contributed by atoms with Gasteiger partial charge in [-0.1, -0.05) is 42.5 Å². The van der Waals surface area contributed by atoms with Crippen molar-refractivity contribution in [2.24, 2.45) is 4.99 Å². The van der Waals surface area contributed by atoms with Crippen molar-refractivity contribution in [2.45, 2.75) is 44.8 Å². The third-order valence-corrected chi connectivity index (χ3v) is 4.80. The van der Waals surface area contributed by atoms with Crippen molar-refractivity contribution in [3.8, 4) is 0 Å². The molecule has 3 N–H and O–H groups in total. The molecule has 4 heteroatoms. The van der Waals surface area contributed by atoms with Gasteiger partial charge in [0.15, 0.2) is 5.96 Å². The molecule has 0 bridgehead atoms. The fourth-order valence-electron chi connectivity index (χ4n) is 3.20. The number of nitrogens with zero attached hydrogens (tertiary/aromatic N) is 1. The van der Waals surface area contributed by atoms with Crippen LogP contribution in [0.4, 0.5) is 0 Å². The van der Waals surface area contributed by atoms with Crippen molar-refractivity contribution >= 4 is 16.7 Å². The van der Waals surface area contributed by atoms with E-state index in [1.165, 1.54) is 16.3 Å². The second kappa shape index (κ2) is 7.22. The summed E-state index contributed by atoms with van der Waals surface area (Å²) in [6, 6.07) is 14.9. The lowest BCUT2D eigenvalue weighted by molar-refractivity contribution is -0.0236. The van der Waals surface area contributed by atoms with Crippen LogP contribution >= 0.6 is 0 Å². The number of fused-ring (bicyclic) bond motifs is 1. The first-order chi connectivity index (χ1) is 11.6. The number of benzene rings is 2. The number of nitrogens with one attached hydrogen (secondary N) is 2.